The van der Waals surface area contributed by atoms with Crippen LogP contribution in [0, 0.1) is 25.7 Å². The van der Waals surface area contributed by atoms with Gasteiger partial charge >= 0.3 is 51.4 Å². The molecule has 0 saturated carbocycles. The first-order chi connectivity index (χ1) is 17.7. The summed E-state index contributed by atoms with van der Waals surface area (Å²) in [5.74, 6) is 2.83. The number of hydrogen-bond acceptors (Lipinski definition) is 4. The molecule has 0 saturated heterocycles. The predicted molar refractivity (Wildman–Crippen MR) is 161 cm³/mol. The van der Waals surface area contributed by atoms with E-state index in [9.17, 15) is 9.59 Å². The van der Waals surface area contributed by atoms with Gasteiger partial charge in [0.25, 0.3) is 0 Å². The molecule has 0 aromatic heterocycles. The third kappa shape index (κ3) is 13.4. The van der Waals surface area contributed by atoms with Crippen molar-refractivity contribution in [3.05, 3.63) is 66.9 Å². The van der Waals surface area contributed by atoms with Crippen LogP contribution >= 0.6 is 0 Å². The maximum absolute atomic E-state index is 12.1. The Morgan fingerprint density at radius 3 is 2.18 bits per heavy atom. The van der Waals surface area contributed by atoms with E-state index in [-0.39, 0.29) is 76.4 Å². The molecule has 1 heterocycles. The zero-order valence-electron chi connectivity index (χ0n) is 26.5. The van der Waals surface area contributed by atoms with Crippen LogP contribution in [-0.2, 0) is 17.6 Å². The van der Waals surface area contributed by atoms with E-state index in [0.29, 0.717) is 18.9 Å². The molecule has 1 aliphatic heterocycles. The zero-order valence-corrected chi connectivity index (χ0v) is 29.6. The van der Waals surface area contributed by atoms with Gasteiger partial charge in [-0.15, -0.1) is 0 Å². The van der Waals surface area contributed by atoms with Crippen LogP contribution in [0.15, 0.2) is 36.4 Å². The second-order valence-electron chi connectivity index (χ2n) is 9.68. The molecule has 0 radical (unpaired) electrons. The van der Waals surface area contributed by atoms with Crippen molar-refractivity contribution in [2.24, 2.45) is 11.8 Å². The molecule has 214 valence electrons. The van der Waals surface area contributed by atoms with Crippen molar-refractivity contribution in [1.82, 2.24) is 0 Å². The standard InChI is InChI=1S/C17H26O2.C13H16NO2.C2H6.CH3.K/c1-6-14-11-15(19-10-9-12(2)3)7-8-16(14)17(18)13(4)5;1-3-8-16-11-5-6-12-10(9-11)4-7-13(15)14(12)2;1-2;;/h7-8,11-13H,6,9-10H2,1-5H3;3,5-6,9H,4,7-8H2,1-2H3;1-2H3;1H3;/q;-1;;-1;+1. The number of hydrogen-bond donors (Lipinski definition) is 0. The topological polar surface area (TPSA) is 55.8 Å². The van der Waals surface area contributed by atoms with Gasteiger partial charge in [0.2, 0.25) is 5.91 Å². The number of aryl methyl sites for hydroxylation is 2. The number of ether oxygens (including phenoxy) is 2. The molecule has 0 spiro atoms. The second-order valence-corrected chi connectivity index (χ2v) is 9.68. The van der Waals surface area contributed by atoms with Crippen molar-refractivity contribution in [3.63, 3.8) is 0 Å². The summed E-state index contributed by atoms with van der Waals surface area (Å²) in [6.07, 6.45) is 5.27. The predicted octanol–water partition coefficient (Wildman–Crippen LogP) is 5.19. The van der Waals surface area contributed by atoms with Gasteiger partial charge in [0.15, 0.2) is 5.78 Å². The Labute approximate surface area is 281 Å². The Morgan fingerprint density at radius 1 is 1.00 bits per heavy atom. The second kappa shape index (κ2) is 21.5. The van der Waals surface area contributed by atoms with E-state index >= 15 is 0 Å². The number of anilines is 1. The first kappa shape index (κ1) is 40.0. The average molecular weight is 565 g/mol. The minimum atomic E-state index is 0. The minimum absolute atomic E-state index is 0. The quantitative estimate of drug-likeness (QED) is 0.226. The maximum atomic E-state index is 12.1. The number of rotatable bonds is 10. The molecule has 0 atom stereocenters. The summed E-state index contributed by atoms with van der Waals surface area (Å²) in [5, 5.41) is 0. The number of Topliss-reactive ketones (excluding diaryl/α,β-unsaturated/α-hetero) is 1. The largest absolute Gasteiger partial charge is 1.00 e. The van der Waals surface area contributed by atoms with Gasteiger partial charge in [0.1, 0.15) is 11.5 Å². The van der Waals surface area contributed by atoms with Crippen molar-refractivity contribution >= 4 is 17.4 Å². The molecule has 2 aromatic rings. The Morgan fingerprint density at radius 2 is 1.62 bits per heavy atom. The van der Waals surface area contributed by atoms with E-state index in [0.717, 1.165) is 54.2 Å². The molecular weight excluding hydrogens is 513 g/mol. The van der Waals surface area contributed by atoms with Gasteiger partial charge in [-0.3, -0.25) is 16.0 Å². The smallest absolute Gasteiger partial charge is 0.525 e. The minimum Gasteiger partial charge on any atom is -0.525 e. The van der Waals surface area contributed by atoms with Crippen LogP contribution in [0.2, 0.25) is 0 Å². The van der Waals surface area contributed by atoms with Gasteiger partial charge in [0.05, 0.1) is 6.61 Å². The monoisotopic (exact) mass is 564 g/mol. The van der Waals surface area contributed by atoms with Crippen LogP contribution in [0.3, 0.4) is 0 Å². The van der Waals surface area contributed by atoms with Crippen molar-refractivity contribution in [3.8, 4) is 11.5 Å². The van der Waals surface area contributed by atoms with Gasteiger partial charge in [-0.2, -0.15) is 6.92 Å². The SMILES string of the molecule is CC.CCc1cc(OCCC(C)C)ccc1C(=O)C(C)C.C[CH-]COc1ccc2c(c1)CCC(=O)N2C.[CH3-].[K+]. The number of fused-ring (bicyclic) bond motifs is 1. The summed E-state index contributed by atoms with van der Waals surface area (Å²) in [6, 6.07) is 11.7. The molecule has 1 aliphatic rings. The van der Waals surface area contributed by atoms with Crippen LogP contribution < -0.4 is 65.8 Å². The number of nitrogens with zero attached hydrogens (tertiary/aromatic N) is 1. The van der Waals surface area contributed by atoms with Gasteiger partial charge < -0.3 is 21.8 Å². The normalized spacial score (nSPS) is 11.7. The van der Waals surface area contributed by atoms with E-state index < -0.39 is 0 Å². The van der Waals surface area contributed by atoms with Crippen LogP contribution in [0.1, 0.15) is 89.7 Å². The van der Waals surface area contributed by atoms with Gasteiger partial charge in [-0.1, -0.05) is 48.5 Å². The third-order valence-corrected chi connectivity index (χ3v) is 6.02. The van der Waals surface area contributed by atoms with Crippen LogP contribution in [0.25, 0.3) is 0 Å². The molecule has 1 amide bonds. The molecule has 2 aromatic carbocycles. The number of benzene rings is 2. The van der Waals surface area contributed by atoms with Gasteiger partial charge in [0, 0.05) is 30.6 Å². The molecule has 0 fully saturated rings. The fraction of sp³-hybridized carbons (Fsp3) is 0.515. The van der Waals surface area contributed by atoms with E-state index in [1.807, 2.05) is 84.5 Å². The molecule has 0 N–H and O–H groups in total. The Hall–Kier alpha value is -1.18. The Kier molecular flexibility index (Phi) is 22.1. The third-order valence-electron chi connectivity index (χ3n) is 6.02. The summed E-state index contributed by atoms with van der Waals surface area (Å²) in [7, 11) is 1.82. The number of carbonyl (C=O) groups excluding carboxylic acids is 2. The fourth-order valence-electron chi connectivity index (χ4n) is 3.82. The van der Waals surface area contributed by atoms with Gasteiger partial charge in [-0.25, -0.2) is 0 Å². The molecule has 6 heteroatoms. The summed E-state index contributed by atoms with van der Waals surface area (Å²) in [6.45, 7) is 17.6. The number of ketones is 1. The van der Waals surface area contributed by atoms with Crippen LogP contribution in [0.5, 0.6) is 11.5 Å². The maximum Gasteiger partial charge on any atom is 1.00 e. The summed E-state index contributed by atoms with van der Waals surface area (Å²) in [4.78, 5) is 25.3. The Balaban J connectivity index is 0. The molecule has 0 bridgehead atoms. The average Bonchev–Trinajstić information content (AvgIpc) is 2.90. The molecule has 3 rings (SSSR count). The summed E-state index contributed by atoms with van der Waals surface area (Å²) < 4.78 is 11.3. The first-order valence-electron chi connectivity index (χ1n) is 13.8. The van der Waals surface area contributed by atoms with Crippen molar-refractivity contribution in [1.29, 1.82) is 0 Å². The fourth-order valence-corrected chi connectivity index (χ4v) is 3.82. The van der Waals surface area contributed by atoms with E-state index in [4.69, 9.17) is 9.47 Å². The molecule has 5 nitrogen and oxygen atoms in total. The van der Waals surface area contributed by atoms with Crippen molar-refractivity contribution in [2.75, 3.05) is 25.2 Å². The summed E-state index contributed by atoms with van der Waals surface area (Å²) >= 11 is 0. The molecule has 39 heavy (non-hydrogen) atoms. The molecule has 0 aliphatic carbocycles. The number of amides is 1. The molecule has 0 unspecified atom stereocenters. The van der Waals surface area contributed by atoms with E-state index in [2.05, 4.69) is 20.8 Å². The first-order valence-corrected chi connectivity index (χ1v) is 13.8. The molecular formula is C33H51KNO4-. The van der Waals surface area contributed by atoms with Crippen LogP contribution in [-0.4, -0.2) is 32.0 Å². The van der Waals surface area contributed by atoms with Crippen molar-refractivity contribution < 1.29 is 70.4 Å². The van der Waals surface area contributed by atoms with E-state index in [1.54, 1.807) is 4.90 Å². The van der Waals surface area contributed by atoms with E-state index in [1.165, 1.54) is 5.56 Å². The van der Waals surface area contributed by atoms with Crippen LogP contribution in [0.4, 0.5) is 5.69 Å². The van der Waals surface area contributed by atoms with Gasteiger partial charge in [-0.05, 0) is 79.3 Å². The summed E-state index contributed by atoms with van der Waals surface area (Å²) in [5.41, 5.74) is 4.12. The number of carbonyl (C=O) groups is 2. The Bertz CT molecular complexity index is 988. The zero-order chi connectivity index (χ0) is 28.0. The van der Waals surface area contributed by atoms with Crippen molar-refractivity contribution in [2.45, 2.75) is 81.1 Å².